The van der Waals surface area contributed by atoms with Crippen molar-refractivity contribution in [3.8, 4) is 17.7 Å². The molecule has 4 heterocycles. The number of ether oxygens (including phenoxy) is 2. The molecule has 3 aliphatic heterocycles. The van der Waals surface area contributed by atoms with Crippen LogP contribution in [0.3, 0.4) is 0 Å². The van der Waals surface area contributed by atoms with Gasteiger partial charge in [0.15, 0.2) is 0 Å². The maximum absolute atomic E-state index is 13.2. The normalized spacial score (nSPS) is 23.2. The number of carbonyl (C=O) groups excluding carboxylic acids is 5. The molecule has 6 amide bonds. The number of piperidine rings is 1. The van der Waals surface area contributed by atoms with Gasteiger partial charge in [0.2, 0.25) is 17.7 Å². The van der Waals surface area contributed by atoms with Gasteiger partial charge in [-0.05, 0) is 89.2 Å². The number of hydrogen-bond acceptors (Lipinski definition) is 11. The number of piperazine rings is 1. The van der Waals surface area contributed by atoms with Gasteiger partial charge >= 0.3 is 6.03 Å². The number of urea groups is 1. The monoisotopic (exact) mass is 796 g/mol. The molecule has 298 valence electrons. The number of rotatable bonds is 12. The van der Waals surface area contributed by atoms with Crippen LogP contribution in [0.2, 0.25) is 5.02 Å². The van der Waals surface area contributed by atoms with Crippen LogP contribution < -0.4 is 25.0 Å². The minimum Gasteiger partial charge on any atom is -0.490 e. The number of nitrogens with zero attached hydrogens (tertiary/aromatic N) is 6. The Hall–Kier alpha value is -5.72. The third kappa shape index (κ3) is 8.52. The molecular formula is C41H45ClN8O7. The van der Waals surface area contributed by atoms with Gasteiger partial charge in [-0.25, -0.2) is 9.78 Å². The first-order valence-corrected chi connectivity index (χ1v) is 19.6. The lowest BCUT2D eigenvalue weighted by Crippen LogP contribution is -2.59. The molecule has 4 aliphatic rings. The summed E-state index contributed by atoms with van der Waals surface area (Å²) in [6, 6.07) is 15.0. The Morgan fingerprint density at radius 3 is 2.53 bits per heavy atom. The van der Waals surface area contributed by atoms with Gasteiger partial charge in [-0.2, -0.15) is 5.26 Å². The second-order valence-corrected chi connectivity index (χ2v) is 15.6. The zero-order valence-electron chi connectivity index (χ0n) is 32.1. The predicted molar refractivity (Wildman–Crippen MR) is 210 cm³/mol. The summed E-state index contributed by atoms with van der Waals surface area (Å²) in [6.45, 7) is 6.59. The topological polar surface area (TPSA) is 178 Å². The Morgan fingerprint density at radius 1 is 1.02 bits per heavy atom. The van der Waals surface area contributed by atoms with E-state index in [2.05, 4.69) is 45.5 Å². The number of fused-ring (bicyclic) bond motifs is 1. The van der Waals surface area contributed by atoms with E-state index in [4.69, 9.17) is 21.1 Å². The predicted octanol–water partition coefficient (Wildman–Crippen LogP) is 4.84. The molecule has 3 atom stereocenters. The van der Waals surface area contributed by atoms with Crippen LogP contribution in [-0.2, 0) is 9.59 Å². The molecule has 1 unspecified atom stereocenters. The first-order valence-electron chi connectivity index (χ1n) is 19.3. The van der Waals surface area contributed by atoms with Crippen molar-refractivity contribution >= 4 is 52.6 Å². The molecule has 3 aromatic rings. The van der Waals surface area contributed by atoms with Crippen molar-refractivity contribution in [2.45, 2.75) is 82.6 Å². The number of halogens is 1. The first kappa shape index (κ1) is 39.5. The summed E-state index contributed by atoms with van der Waals surface area (Å²) in [7, 11) is 2.09. The number of imide groups is 2. The standard InChI is InChI=1S/C41H45ClN8O7/c1-24-23-49(25(2)22-48(24)28-8-6-26(20-43)34(42)18-28)41(55)45-27-7-13-37(44-21-27)56-15-5-4-14-47(3)29-16-31(17-29)57-30-9-10-32-33(19-30)40(54)50(39(32)53)35-11-12-36(51)46-38(35)52/h6-10,13,18-19,21,24-25,29,31,35H,4-5,11-12,14-17,22-23H2,1-3H3,(H,45,55)(H,46,51,52)/t24-,25+,29?,31?,35?/m0/s1. The van der Waals surface area contributed by atoms with E-state index in [-0.39, 0.29) is 48.2 Å². The molecule has 1 aliphatic carbocycles. The number of nitriles is 1. The van der Waals surface area contributed by atoms with Crippen LogP contribution in [0.15, 0.2) is 54.7 Å². The molecule has 16 heteroatoms. The van der Waals surface area contributed by atoms with E-state index in [0.717, 1.165) is 42.8 Å². The molecule has 2 aromatic carbocycles. The minimum atomic E-state index is -1.00. The van der Waals surface area contributed by atoms with Gasteiger partial charge in [0.25, 0.3) is 11.8 Å². The van der Waals surface area contributed by atoms with E-state index < -0.39 is 29.7 Å². The van der Waals surface area contributed by atoms with Crippen molar-refractivity contribution in [3.63, 3.8) is 0 Å². The lowest BCUT2D eigenvalue weighted by Gasteiger charge is -2.45. The van der Waals surface area contributed by atoms with Crippen LogP contribution in [0, 0.1) is 11.3 Å². The Labute approximate surface area is 335 Å². The third-order valence-electron chi connectivity index (χ3n) is 11.2. The average Bonchev–Trinajstić information content (AvgIpc) is 3.41. The summed E-state index contributed by atoms with van der Waals surface area (Å²) >= 11 is 6.28. The van der Waals surface area contributed by atoms with Gasteiger partial charge in [0.05, 0.1) is 40.2 Å². The maximum Gasteiger partial charge on any atom is 0.322 e. The van der Waals surface area contributed by atoms with Crippen molar-refractivity contribution < 1.29 is 33.4 Å². The molecule has 57 heavy (non-hydrogen) atoms. The highest BCUT2D eigenvalue weighted by Gasteiger charge is 2.45. The molecule has 2 N–H and O–H groups in total. The Balaban J connectivity index is 0.787. The van der Waals surface area contributed by atoms with Gasteiger partial charge in [-0.15, -0.1) is 0 Å². The number of nitrogens with one attached hydrogen (secondary N) is 2. The number of hydrogen-bond donors (Lipinski definition) is 2. The van der Waals surface area contributed by atoms with Crippen LogP contribution >= 0.6 is 11.6 Å². The first-order chi connectivity index (χ1) is 27.4. The van der Waals surface area contributed by atoms with E-state index in [1.165, 1.54) is 0 Å². The van der Waals surface area contributed by atoms with Gasteiger partial charge in [-0.1, -0.05) is 11.6 Å². The average molecular weight is 797 g/mol. The lowest BCUT2D eigenvalue weighted by atomic mass is 9.88. The Kier molecular flexibility index (Phi) is 11.6. The highest BCUT2D eigenvalue weighted by Crippen LogP contribution is 2.34. The number of pyridine rings is 1. The zero-order chi connectivity index (χ0) is 40.4. The second kappa shape index (κ2) is 16.8. The van der Waals surface area contributed by atoms with E-state index in [0.29, 0.717) is 53.6 Å². The quantitative estimate of drug-likeness (QED) is 0.189. The van der Waals surface area contributed by atoms with E-state index in [1.54, 1.807) is 48.7 Å². The van der Waals surface area contributed by atoms with Crippen LogP contribution in [-0.4, -0.2) is 113 Å². The number of unbranched alkanes of at least 4 members (excludes halogenated alkanes) is 1. The van der Waals surface area contributed by atoms with Crippen molar-refractivity contribution in [1.29, 1.82) is 5.26 Å². The highest BCUT2D eigenvalue weighted by molar-refractivity contribution is 6.32. The van der Waals surface area contributed by atoms with Crippen molar-refractivity contribution in [2.75, 3.05) is 43.5 Å². The SMILES string of the molecule is C[C@@H]1CN(c2ccc(C#N)c(Cl)c2)[C@@H](C)CN1C(=O)Nc1ccc(OCCCCN(C)C2CC(Oc3ccc4c(c3)C(=O)N(C3CCC(=O)NC3=O)C4=O)C2)nc1. The molecule has 7 rings (SSSR count). The number of amides is 6. The molecule has 15 nitrogen and oxygen atoms in total. The zero-order valence-corrected chi connectivity index (χ0v) is 32.8. The van der Waals surface area contributed by atoms with E-state index in [9.17, 15) is 29.2 Å². The fraction of sp³-hybridized carbons (Fsp3) is 0.439. The van der Waals surface area contributed by atoms with Gasteiger partial charge in [-0.3, -0.25) is 29.4 Å². The van der Waals surface area contributed by atoms with Crippen LogP contribution in [0.5, 0.6) is 11.6 Å². The fourth-order valence-corrected chi connectivity index (χ4v) is 8.03. The van der Waals surface area contributed by atoms with Crippen molar-refractivity contribution in [1.82, 2.24) is 25.0 Å². The van der Waals surface area contributed by atoms with Gasteiger partial charge in [0.1, 0.15) is 24.0 Å². The summed E-state index contributed by atoms with van der Waals surface area (Å²) in [5.74, 6) is -1.16. The minimum absolute atomic E-state index is 0.0200. The van der Waals surface area contributed by atoms with E-state index in [1.807, 2.05) is 17.9 Å². The highest BCUT2D eigenvalue weighted by atomic mass is 35.5. The van der Waals surface area contributed by atoms with Crippen molar-refractivity contribution in [3.05, 3.63) is 76.4 Å². The molecule has 0 radical (unpaired) electrons. The second-order valence-electron chi connectivity index (χ2n) is 15.1. The number of anilines is 2. The van der Waals surface area contributed by atoms with Gasteiger partial charge in [0, 0.05) is 62.2 Å². The van der Waals surface area contributed by atoms with Crippen LogP contribution in [0.4, 0.5) is 16.2 Å². The molecular weight excluding hydrogens is 752 g/mol. The maximum atomic E-state index is 13.2. The number of carbonyl (C=O) groups is 5. The molecule has 3 fully saturated rings. The van der Waals surface area contributed by atoms with E-state index >= 15 is 0 Å². The molecule has 1 aromatic heterocycles. The number of aromatic nitrogens is 1. The summed E-state index contributed by atoms with van der Waals surface area (Å²) < 4.78 is 12.0. The summed E-state index contributed by atoms with van der Waals surface area (Å²) in [5.41, 5.74) is 2.36. The number of benzene rings is 2. The summed E-state index contributed by atoms with van der Waals surface area (Å²) in [5, 5.41) is 14.8. The lowest BCUT2D eigenvalue weighted by molar-refractivity contribution is -0.136. The Morgan fingerprint density at radius 2 is 1.81 bits per heavy atom. The molecule has 0 bridgehead atoms. The van der Waals surface area contributed by atoms with Gasteiger partial charge < -0.3 is 29.5 Å². The summed E-state index contributed by atoms with van der Waals surface area (Å²) in [4.78, 5) is 74.9. The molecule has 0 spiro atoms. The smallest absolute Gasteiger partial charge is 0.322 e. The van der Waals surface area contributed by atoms with Crippen molar-refractivity contribution in [2.24, 2.45) is 0 Å². The third-order valence-corrected chi connectivity index (χ3v) is 11.5. The Bertz CT molecular complexity index is 2100. The van der Waals surface area contributed by atoms with Crippen LogP contribution in [0.1, 0.15) is 78.7 Å². The summed E-state index contributed by atoms with van der Waals surface area (Å²) in [6.07, 6.45) is 5.18. The molecule has 1 saturated carbocycles. The fourth-order valence-electron chi connectivity index (χ4n) is 7.81. The largest absolute Gasteiger partial charge is 0.490 e. The van der Waals surface area contributed by atoms with Crippen LogP contribution in [0.25, 0.3) is 0 Å². The molecule has 2 saturated heterocycles.